The zero-order valence-corrected chi connectivity index (χ0v) is 33.1. The Bertz CT molecular complexity index is 910. The second kappa shape index (κ2) is 33.9. The van der Waals surface area contributed by atoms with Crippen molar-refractivity contribution in [3.8, 4) is 0 Å². The lowest BCUT2D eigenvalue weighted by atomic mass is 9.99. The van der Waals surface area contributed by atoms with Crippen LogP contribution in [0.25, 0.3) is 0 Å². The molecule has 52 heavy (non-hydrogen) atoms. The largest absolute Gasteiger partial charge is 0.394 e. The van der Waals surface area contributed by atoms with Gasteiger partial charge in [0.25, 0.3) is 0 Å². The fourth-order valence-electron chi connectivity index (χ4n) is 6.48. The lowest BCUT2D eigenvalue weighted by Gasteiger charge is -2.40. The molecule has 1 aliphatic heterocycles. The van der Waals surface area contributed by atoms with Crippen molar-refractivity contribution >= 4 is 5.91 Å². The van der Waals surface area contributed by atoms with E-state index in [2.05, 4.69) is 43.5 Å². The van der Waals surface area contributed by atoms with Gasteiger partial charge in [-0.2, -0.15) is 0 Å². The summed E-state index contributed by atoms with van der Waals surface area (Å²) in [5, 5.41) is 53.9. The van der Waals surface area contributed by atoms with Gasteiger partial charge in [0.05, 0.1) is 25.4 Å². The average Bonchev–Trinajstić information content (AvgIpc) is 3.14. The van der Waals surface area contributed by atoms with Crippen molar-refractivity contribution in [1.29, 1.82) is 0 Å². The van der Waals surface area contributed by atoms with E-state index in [9.17, 15) is 30.3 Å². The third-order valence-corrected chi connectivity index (χ3v) is 9.95. The van der Waals surface area contributed by atoms with Gasteiger partial charge < -0.3 is 40.3 Å². The van der Waals surface area contributed by atoms with Gasteiger partial charge in [-0.25, -0.2) is 0 Å². The van der Waals surface area contributed by atoms with Crippen molar-refractivity contribution in [1.82, 2.24) is 5.32 Å². The number of amides is 1. The second-order valence-electron chi connectivity index (χ2n) is 14.8. The highest BCUT2D eigenvalue weighted by atomic mass is 16.7. The maximum Gasteiger partial charge on any atom is 0.220 e. The van der Waals surface area contributed by atoms with Gasteiger partial charge in [-0.3, -0.25) is 4.79 Å². The molecule has 0 saturated carbocycles. The molecule has 0 spiro atoms. The van der Waals surface area contributed by atoms with Crippen molar-refractivity contribution in [3.05, 3.63) is 36.5 Å². The van der Waals surface area contributed by atoms with Crippen LogP contribution in [-0.2, 0) is 14.3 Å². The molecular formula is C43H79NO8. The number of carbonyl (C=O) groups excluding carboxylic acids is 1. The molecule has 1 amide bonds. The van der Waals surface area contributed by atoms with E-state index in [1.54, 1.807) is 6.08 Å². The monoisotopic (exact) mass is 738 g/mol. The molecule has 0 aromatic heterocycles. The Morgan fingerprint density at radius 3 is 1.62 bits per heavy atom. The summed E-state index contributed by atoms with van der Waals surface area (Å²) in [7, 11) is 0. The van der Waals surface area contributed by atoms with Crippen molar-refractivity contribution < 1.29 is 39.8 Å². The molecule has 1 fully saturated rings. The summed E-state index contributed by atoms with van der Waals surface area (Å²) in [5.74, 6) is -0.198. The van der Waals surface area contributed by atoms with Crippen molar-refractivity contribution in [3.63, 3.8) is 0 Å². The van der Waals surface area contributed by atoms with Crippen LogP contribution in [0, 0.1) is 0 Å². The molecule has 0 aliphatic carbocycles. The zero-order valence-electron chi connectivity index (χ0n) is 33.1. The third-order valence-electron chi connectivity index (χ3n) is 9.95. The Morgan fingerprint density at radius 2 is 1.10 bits per heavy atom. The summed E-state index contributed by atoms with van der Waals surface area (Å²) in [6.07, 6.45) is 33.5. The summed E-state index contributed by atoms with van der Waals surface area (Å²) >= 11 is 0. The smallest absolute Gasteiger partial charge is 0.220 e. The Balaban J connectivity index is 2.38. The number of carbonyl (C=O) groups is 1. The van der Waals surface area contributed by atoms with Crippen molar-refractivity contribution in [2.24, 2.45) is 0 Å². The highest BCUT2D eigenvalue weighted by molar-refractivity contribution is 5.76. The van der Waals surface area contributed by atoms with E-state index < -0.39 is 49.5 Å². The van der Waals surface area contributed by atoms with Crippen molar-refractivity contribution in [2.45, 2.75) is 217 Å². The summed E-state index contributed by atoms with van der Waals surface area (Å²) in [5.41, 5.74) is 0. The van der Waals surface area contributed by atoms with E-state index in [1.807, 2.05) is 6.08 Å². The van der Waals surface area contributed by atoms with E-state index in [0.717, 1.165) is 44.9 Å². The molecule has 1 rings (SSSR count). The van der Waals surface area contributed by atoms with Gasteiger partial charge in [-0.05, 0) is 44.9 Å². The summed E-state index contributed by atoms with van der Waals surface area (Å²) < 4.78 is 11.1. The third kappa shape index (κ3) is 24.7. The molecule has 0 aromatic carbocycles. The SMILES string of the molecule is CCCCCCCCCCCCC/C=C/CC/C=C/CC/C=C/C(O)C(COC1OC(CO)C(O)C(O)C1O)NC(=O)CCCCCCCCCC. The van der Waals surface area contributed by atoms with Crippen LogP contribution < -0.4 is 5.32 Å². The van der Waals surface area contributed by atoms with E-state index in [0.29, 0.717) is 6.42 Å². The molecule has 9 heteroatoms. The van der Waals surface area contributed by atoms with Gasteiger partial charge in [-0.1, -0.05) is 159 Å². The first kappa shape index (κ1) is 48.4. The molecule has 0 bridgehead atoms. The molecule has 1 saturated heterocycles. The van der Waals surface area contributed by atoms with Crippen LogP contribution in [0.1, 0.15) is 174 Å². The highest BCUT2D eigenvalue weighted by Crippen LogP contribution is 2.22. The Morgan fingerprint density at radius 1 is 0.635 bits per heavy atom. The Hall–Kier alpha value is -1.59. The van der Waals surface area contributed by atoms with Gasteiger partial charge >= 0.3 is 0 Å². The molecule has 6 N–H and O–H groups in total. The molecule has 1 aliphatic rings. The van der Waals surface area contributed by atoms with Gasteiger partial charge in [0.15, 0.2) is 6.29 Å². The number of ether oxygens (including phenoxy) is 2. The lowest BCUT2D eigenvalue weighted by molar-refractivity contribution is -0.302. The first-order valence-electron chi connectivity index (χ1n) is 21.2. The molecule has 9 nitrogen and oxygen atoms in total. The van der Waals surface area contributed by atoms with Crippen LogP contribution in [0.15, 0.2) is 36.5 Å². The Kier molecular flexibility index (Phi) is 31.6. The molecular weight excluding hydrogens is 658 g/mol. The molecule has 304 valence electrons. The number of hydrogen-bond donors (Lipinski definition) is 6. The minimum Gasteiger partial charge on any atom is -0.394 e. The van der Waals surface area contributed by atoms with E-state index in [4.69, 9.17) is 9.47 Å². The van der Waals surface area contributed by atoms with Crippen LogP contribution in [0.2, 0.25) is 0 Å². The number of nitrogens with one attached hydrogen (secondary N) is 1. The normalized spacial score (nSPS) is 22.2. The summed E-state index contributed by atoms with van der Waals surface area (Å²) in [4.78, 5) is 12.8. The predicted molar refractivity (Wildman–Crippen MR) is 212 cm³/mol. The fraction of sp³-hybridized carbons (Fsp3) is 0.837. The van der Waals surface area contributed by atoms with Crippen LogP contribution in [0.4, 0.5) is 0 Å². The number of aliphatic hydroxyl groups excluding tert-OH is 5. The molecule has 0 radical (unpaired) electrons. The van der Waals surface area contributed by atoms with Crippen LogP contribution in [0.3, 0.4) is 0 Å². The van der Waals surface area contributed by atoms with E-state index >= 15 is 0 Å². The minimum atomic E-state index is -1.57. The summed E-state index contributed by atoms with van der Waals surface area (Å²) in [6.45, 7) is 3.70. The Labute approximate surface area is 317 Å². The van der Waals surface area contributed by atoms with E-state index in [1.165, 1.54) is 109 Å². The summed E-state index contributed by atoms with van der Waals surface area (Å²) in [6, 6.07) is -0.822. The first-order valence-corrected chi connectivity index (χ1v) is 21.2. The van der Waals surface area contributed by atoms with Crippen molar-refractivity contribution in [2.75, 3.05) is 13.2 Å². The van der Waals surface area contributed by atoms with Gasteiger partial charge in [0, 0.05) is 6.42 Å². The van der Waals surface area contributed by atoms with Gasteiger partial charge in [0.1, 0.15) is 24.4 Å². The molecule has 7 unspecified atom stereocenters. The van der Waals surface area contributed by atoms with Gasteiger partial charge in [0.2, 0.25) is 5.91 Å². The topological polar surface area (TPSA) is 149 Å². The van der Waals surface area contributed by atoms with Crippen LogP contribution in [-0.4, -0.2) is 87.5 Å². The second-order valence-corrected chi connectivity index (χ2v) is 14.8. The van der Waals surface area contributed by atoms with Crippen LogP contribution in [0.5, 0.6) is 0 Å². The van der Waals surface area contributed by atoms with E-state index in [-0.39, 0.29) is 12.5 Å². The number of unbranched alkanes of at least 4 members (excludes halogenated alkanes) is 20. The number of allylic oxidation sites excluding steroid dienone is 5. The first-order chi connectivity index (χ1) is 25.3. The van der Waals surface area contributed by atoms with Gasteiger partial charge in [-0.15, -0.1) is 0 Å². The average molecular weight is 738 g/mol. The molecule has 1 heterocycles. The lowest BCUT2D eigenvalue weighted by Crippen LogP contribution is -2.60. The maximum atomic E-state index is 12.8. The minimum absolute atomic E-state index is 0.198. The fourth-order valence-corrected chi connectivity index (χ4v) is 6.48. The van der Waals surface area contributed by atoms with Crippen LogP contribution >= 0.6 is 0 Å². The zero-order chi connectivity index (χ0) is 38.1. The molecule has 7 atom stereocenters. The number of aliphatic hydroxyl groups is 5. The quantitative estimate of drug-likeness (QED) is 0.0287. The maximum absolute atomic E-state index is 12.8. The standard InChI is InChI=1S/C43H79NO8/c1-3-5-7-9-11-13-14-15-16-17-18-19-20-21-22-23-24-25-26-28-30-32-37(46)36(44-39(47)33-31-29-27-12-10-8-6-4-2)35-51-43-42(50)41(49)40(48)38(34-45)52-43/h20-21,24-25,30,32,36-38,40-43,45-46,48-50H,3-19,22-23,26-29,31,33-35H2,1-2H3,(H,44,47)/b21-20+,25-24+,32-30+. The molecule has 0 aromatic rings. The number of rotatable bonds is 34. The predicted octanol–water partition coefficient (Wildman–Crippen LogP) is 8.11. The number of hydrogen-bond acceptors (Lipinski definition) is 8. The highest BCUT2D eigenvalue weighted by Gasteiger charge is 2.44.